The van der Waals surface area contributed by atoms with Crippen molar-refractivity contribution < 1.29 is 14.3 Å². The Morgan fingerprint density at radius 3 is 2.08 bits per heavy atom. The summed E-state index contributed by atoms with van der Waals surface area (Å²) in [6, 6.07) is 6.91. The Morgan fingerprint density at radius 2 is 1.58 bits per heavy atom. The van der Waals surface area contributed by atoms with E-state index in [-0.39, 0.29) is 17.3 Å². The van der Waals surface area contributed by atoms with Crippen molar-refractivity contribution in [1.82, 2.24) is 0 Å². The third-order valence-corrected chi connectivity index (χ3v) is 6.29. The van der Waals surface area contributed by atoms with E-state index in [4.69, 9.17) is 0 Å². The lowest BCUT2D eigenvalue weighted by molar-refractivity contribution is -0.124. The Balaban J connectivity index is 1.39. The highest BCUT2D eigenvalue weighted by molar-refractivity contribution is 5.93. The fourth-order valence-electron chi connectivity index (χ4n) is 5.86. The maximum Gasteiger partial charge on any atom is 0.337 e. The molecule has 0 spiro atoms. The van der Waals surface area contributed by atoms with Crippen LogP contribution in [0.4, 0.5) is 5.69 Å². The Labute approximate surface area is 143 Å². The van der Waals surface area contributed by atoms with Crippen LogP contribution in [0.15, 0.2) is 24.3 Å². The molecule has 4 fully saturated rings. The summed E-state index contributed by atoms with van der Waals surface area (Å²) in [5.41, 5.74) is 1.50. The van der Waals surface area contributed by atoms with E-state index in [9.17, 15) is 9.59 Å². The molecular formula is C20H25NO3. The number of esters is 1. The lowest BCUT2D eigenvalue weighted by Gasteiger charge is -2.56. The molecule has 4 bridgehead atoms. The van der Waals surface area contributed by atoms with Crippen molar-refractivity contribution in [3.05, 3.63) is 29.8 Å². The topological polar surface area (TPSA) is 55.4 Å². The molecule has 4 aliphatic rings. The molecule has 0 radical (unpaired) electrons. The van der Waals surface area contributed by atoms with Gasteiger partial charge < -0.3 is 10.1 Å². The second kappa shape index (κ2) is 5.91. The number of carbonyl (C=O) groups is 2. The minimum atomic E-state index is -0.360. The van der Waals surface area contributed by atoms with Gasteiger partial charge in [-0.05, 0) is 86.0 Å². The van der Waals surface area contributed by atoms with Gasteiger partial charge in [0.05, 0.1) is 12.7 Å². The summed E-state index contributed by atoms with van der Waals surface area (Å²) < 4.78 is 4.69. The quantitative estimate of drug-likeness (QED) is 0.850. The van der Waals surface area contributed by atoms with Crippen LogP contribution < -0.4 is 5.32 Å². The van der Waals surface area contributed by atoms with Crippen molar-refractivity contribution in [2.24, 2.45) is 23.2 Å². The second-order valence-corrected chi connectivity index (χ2v) is 8.21. The number of amides is 1. The van der Waals surface area contributed by atoms with Gasteiger partial charge in [0, 0.05) is 12.1 Å². The summed E-state index contributed by atoms with van der Waals surface area (Å²) in [4.78, 5) is 24.0. The van der Waals surface area contributed by atoms with Crippen LogP contribution >= 0.6 is 0 Å². The van der Waals surface area contributed by atoms with E-state index in [2.05, 4.69) is 10.1 Å². The Morgan fingerprint density at radius 1 is 1.04 bits per heavy atom. The number of carbonyl (C=O) groups excluding carboxylic acids is 2. The van der Waals surface area contributed by atoms with Crippen LogP contribution in [0.5, 0.6) is 0 Å². The maximum absolute atomic E-state index is 12.6. The number of rotatable bonds is 4. The van der Waals surface area contributed by atoms with Crippen molar-refractivity contribution in [1.29, 1.82) is 0 Å². The molecule has 24 heavy (non-hydrogen) atoms. The Hall–Kier alpha value is -1.84. The third-order valence-electron chi connectivity index (χ3n) is 6.29. The first kappa shape index (κ1) is 15.7. The van der Waals surface area contributed by atoms with Gasteiger partial charge in [0.25, 0.3) is 0 Å². The number of hydrogen-bond acceptors (Lipinski definition) is 3. The smallest absolute Gasteiger partial charge is 0.337 e. The second-order valence-electron chi connectivity index (χ2n) is 8.21. The standard InChI is InChI=1S/C20H25NO3/c1-24-19(23)16-2-4-17(5-3-16)21-18(22)12-20-9-13-6-14(10-20)8-15(7-13)11-20/h2-5,13-15H,6-12H2,1H3,(H,21,22). The van der Waals surface area contributed by atoms with Crippen LogP contribution in [0.25, 0.3) is 0 Å². The minimum absolute atomic E-state index is 0.114. The van der Waals surface area contributed by atoms with E-state index in [1.807, 2.05) is 0 Å². The molecule has 1 aromatic carbocycles. The SMILES string of the molecule is COC(=O)c1ccc(NC(=O)CC23CC4CC(CC(C4)C2)C3)cc1. The molecule has 1 amide bonds. The number of nitrogens with one attached hydrogen (secondary N) is 1. The van der Waals surface area contributed by atoms with Gasteiger partial charge in [-0.2, -0.15) is 0 Å². The molecule has 4 aliphatic carbocycles. The average Bonchev–Trinajstić information content (AvgIpc) is 2.53. The molecule has 0 aliphatic heterocycles. The molecule has 1 aromatic rings. The maximum atomic E-state index is 12.6. The molecule has 4 heteroatoms. The van der Waals surface area contributed by atoms with Crippen molar-refractivity contribution in [2.75, 3.05) is 12.4 Å². The highest BCUT2D eigenvalue weighted by atomic mass is 16.5. The summed E-state index contributed by atoms with van der Waals surface area (Å²) in [5.74, 6) is 2.35. The van der Waals surface area contributed by atoms with Gasteiger partial charge >= 0.3 is 5.97 Å². The molecular weight excluding hydrogens is 302 g/mol. The normalized spacial score (nSPS) is 33.3. The Bertz CT molecular complexity index is 614. The van der Waals surface area contributed by atoms with Gasteiger partial charge in [-0.25, -0.2) is 4.79 Å². The fraction of sp³-hybridized carbons (Fsp3) is 0.600. The largest absolute Gasteiger partial charge is 0.465 e. The van der Waals surface area contributed by atoms with Crippen molar-refractivity contribution in [3.8, 4) is 0 Å². The minimum Gasteiger partial charge on any atom is -0.465 e. The highest BCUT2D eigenvalue weighted by Gasteiger charge is 2.51. The van der Waals surface area contributed by atoms with Crippen LogP contribution in [-0.4, -0.2) is 19.0 Å². The molecule has 4 saturated carbocycles. The van der Waals surface area contributed by atoms with Crippen molar-refractivity contribution in [3.63, 3.8) is 0 Å². The summed E-state index contributed by atoms with van der Waals surface area (Å²) in [5, 5.41) is 3.01. The average molecular weight is 327 g/mol. The van der Waals surface area contributed by atoms with Crippen molar-refractivity contribution >= 4 is 17.6 Å². The number of methoxy groups -OCH3 is 1. The summed E-state index contributed by atoms with van der Waals surface area (Å²) in [6.07, 6.45) is 8.58. The van der Waals surface area contributed by atoms with Gasteiger partial charge in [-0.3, -0.25) is 4.79 Å². The van der Waals surface area contributed by atoms with Crippen LogP contribution in [0.2, 0.25) is 0 Å². The zero-order chi connectivity index (χ0) is 16.7. The van der Waals surface area contributed by atoms with Gasteiger partial charge in [0.2, 0.25) is 5.91 Å². The van der Waals surface area contributed by atoms with E-state index >= 15 is 0 Å². The molecule has 5 rings (SSSR count). The first-order chi connectivity index (χ1) is 11.5. The number of hydrogen-bond donors (Lipinski definition) is 1. The van der Waals surface area contributed by atoms with Gasteiger partial charge in [-0.15, -0.1) is 0 Å². The van der Waals surface area contributed by atoms with E-state index in [0.717, 1.165) is 23.4 Å². The van der Waals surface area contributed by atoms with Gasteiger partial charge in [-0.1, -0.05) is 0 Å². The molecule has 0 unspecified atom stereocenters. The predicted octanol–water partition coefficient (Wildman–Crippen LogP) is 4.02. The van der Waals surface area contributed by atoms with E-state index < -0.39 is 0 Å². The van der Waals surface area contributed by atoms with Crippen molar-refractivity contribution in [2.45, 2.75) is 44.9 Å². The molecule has 0 saturated heterocycles. The van der Waals surface area contributed by atoms with Crippen LogP contribution in [0.3, 0.4) is 0 Å². The molecule has 4 nitrogen and oxygen atoms in total. The Kier molecular flexibility index (Phi) is 3.86. The zero-order valence-electron chi connectivity index (χ0n) is 14.2. The molecule has 0 heterocycles. The van der Waals surface area contributed by atoms with E-state index in [0.29, 0.717) is 12.0 Å². The molecule has 0 atom stereocenters. The summed E-state index contributed by atoms with van der Waals surface area (Å²) >= 11 is 0. The molecule has 128 valence electrons. The number of benzene rings is 1. The summed E-state index contributed by atoms with van der Waals surface area (Å²) in [6.45, 7) is 0. The number of anilines is 1. The van der Waals surface area contributed by atoms with Crippen LogP contribution in [0.1, 0.15) is 55.3 Å². The fourth-order valence-corrected chi connectivity index (χ4v) is 5.86. The molecule has 1 N–H and O–H groups in total. The first-order valence-electron chi connectivity index (χ1n) is 9.03. The third kappa shape index (κ3) is 2.94. The summed E-state index contributed by atoms with van der Waals surface area (Å²) in [7, 11) is 1.36. The van der Waals surface area contributed by atoms with Crippen LogP contribution in [0, 0.1) is 23.2 Å². The van der Waals surface area contributed by atoms with Gasteiger partial charge in [0.15, 0.2) is 0 Å². The zero-order valence-corrected chi connectivity index (χ0v) is 14.2. The highest BCUT2D eigenvalue weighted by Crippen LogP contribution is 2.61. The number of ether oxygens (including phenoxy) is 1. The lowest BCUT2D eigenvalue weighted by atomic mass is 9.49. The van der Waals surface area contributed by atoms with E-state index in [1.165, 1.54) is 45.6 Å². The van der Waals surface area contributed by atoms with E-state index in [1.54, 1.807) is 24.3 Å². The molecule has 0 aromatic heterocycles. The monoisotopic (exact) mass is 327 g/mol. The lowest BCUT2D eigenvalue weighted by Crippen LogP contribution is -2.47. The predicted molar refractivity (Wildman–Crippen MR) is 91.6 cm³/mol. The first-order valence-corrected chi connectivity index (χ1v) is 9.03. The van der Waals surface area contributed by atoms with Gasteiger partial charge in [0.1, 0.15) is 0 Å². The van der Waals surface area contributed by atoms with Crippen LogP contribution in [-0.2, 0) is 9.53 Å².